The normalized spacial score (nSPS) is 12.2. The summed E-state index contributed by atoms with van der Waals surface area (Å²) >= 11 is 0. The van der Waals surface area contributed by atoms with Crippen molar-refractivity contribution in [3.63, 3.8) is 0 Å². The van der Waals surface area contributed by atoms with Gasteiger partial charge in [0.2, 0.25) is 5.91 Å². The summed E-state index contributed by atoms with van der Waals surface area (Å²) in [5.74, 6) is 0.555. The number of carbonyl (C=O) groups excluding carboxylic acids is 1. The van der Waals surface area contributed by atoms with E-state index in [0.29, 0.717) is 13.0 Å². The van der Waals surface area contributed by atoms with Crippen molar-refractivity contribution in [2.24, 2.45) is 5.73 Å². The van der Waals surface area contributed by atoms with Gasteiger partial charge in [-0.3, -0.25) is 4.79 Å². The van der Waals surface area contributed by atoms with Gasteiger partial charge in [0.1, 0.15) is 5.75 Å². The van der Waals surface area contributed by atoms with Crippen LogP contribution in [-0.4, -0.2) is 25.1 Å². The van der Waals surface area contributed by atoms with Crippen molar-refractivity contribution >= 4 is 5.91 Å². The van der Waals surface area contributed by atoms with Gasteiger partial charge in [0.05, 0.1) is 12.6 Å². The zero-order chi connectivity index (χ0) is 14.4. The van der Waals surface area contributed by atoms with Crippen LogP contribution in [0.5, 0.6) is 5.75 Å². The molecule has 1 aromatic rings. The van der Waals surface area contributed by atoms with E-state index in [-0.39, 0.29) is 11.9 Å². The number of aryl methyl sites for hydroxylation is 2. The molecule has 1 atom stereocenters. The van der Waals surface area contributed by atoms with Crippen molar-refractivity contribution in [1.29, 1.82) is 0 Å². The molecular weight excluding hydrogens is 240 g/mol. The predicted molar refractivity (Wildman–Crippen MR) is 77.4 cm³/mol. The largest absolute Gasteiger partial charge is 0.493 e. The van der Waals surface area contributed by atoms with E-state index in [1.54, 1.807) is 0 Å². The smallest absolute Gasteiger partial charge is 0.234 e. The van der Waals surface area contributed by atoms with Crippen LogP contribution in [0.3, 0.4) is 0 Å². The second-order valence-electron chi connectivity index (χ2n) is 4.85. The second kappa shape index (κ2) is 7.14. The molecule has 1 unspecified atom stereocenters. The lowest BCUT2D eigenvalue weighted by Crippen LogP contribution is -2.42. The maximum atomic E-state index is 11.2. The lowest BCUT2D eigenvalue weighted by Gasteiger charge is -2.16. The molecule has 4 nitrogen and oxygen atoms in total. The molecule has 0 aromatic heterocycles. The highest BCUT2D eigenvalue weighted by atomic mass is 16.5. The first-order chi connectivity index (χ1) is 8.95. The van der Waals surface area contributed by atoms with Gasteiger partial charge in [-0.15, -0.1) is 0 Å². The summed E-state index contributed by atoms with van der Waals surface area (Å²) in [5, 5.41) is 3.05. The van der Waals surface area contributed by atoms with E-state index in [4.69, 9.17) is 10.5 Å². The van der Waals surface area contributed by atoms with Crippen molar-refractivity contribution in [3.8, 4) is 5.75 Å². The van der Waals surface area contributed by atoms with Crippen molar-refractivity contribution in [3.05, 3.63) is 28.8 Å². The summed E-state index contributed by atoms with van der Waals surface area (Å²) in [6.07, 6.45) is 0.579. The molecule has 1 amide bonds. The van der Waals surface area contributed by atoms with E-state index in [1.165, 1.54) is 11.1 Å². The van der Waals surface area contributed by atoms with Gasteiger partial charge in [0.15, 0.2) is 0 Å². The van der Waals surface area contributed by atoms with E-state index >= 15 is 0 Å². The van der Waals surface area contributed by atoms with Crippen LogP contribution in [0.2, 0.25) is 0 Å². The van der Waals surface area contributed by atoms with Gasteiger partial charge < -0.3 is 15.8 Å². The SMILES string of the molecule is CCNC(CCOc1cc(C)cc(C)c1C)C(N)=O. The fraction of sp³-hybridized carbons (Fsp3) is 0.533. The molecule has 0 radical (unpaired) electrons. The summed E-state index contributed by atoms with van der Waals surface area (Å²) in [6.45, 7) is 9.30. The molecule has 0 heterocycles. The van der Waals surface area contributed by atoms with Crippen LogP contribution < -0.4 is 15.8 Å². The average molecular weight is 264 g/mol. The number of ether oxygens (including phenoxy) is 1. The highest BCUT2D eigenvalue weighted by Crippen LogP contribution is 2.23. The molecule has 0 bridgehead atoms. The number of nitrogens with one attached hydrogen (secondary N) is 1. The predicted octanol–water partition coefficient (Wildman–Crippen LogP) is 1.84. The Bertz CT molecular complexity index is 444. The van der Waals surface area contributed by atoms with Crippen LogP contribution in [-0.2, 0) is 4.79 Å². The number of carbonyl (C=O) groups is 1. The van der Waals surface area contributed by atoms with Crippen LogP contribution in [0, 0.1) is 20.8 Å². The molecule has 0 fully saturated rings. The summed E-state index contributed by atoms with van der Waals surface area (Å²) in [5.41, 5.74) is 8.86. The number of rotatable bonds is 7. The number of amides is 1. The minimum absolute atomic E-state index is 0.323. The summed E-state index contributed by atoms with van der Waals surface area (Å²) in [4.78, 5) is 11.2. The lowest BCUT2D eigenvalue weighted by atomic mass is 10.1. The van der Waals surface area contributed by atoms with Gasteiger partial charge in [-0.1, -0.05) is 13.0 Å². The molecule has 4 heteroatoms. The van der Waals surface area contributed by atoms with Gasteiger partial charge in [0.25, 0.3) is 0 Å². The van der Waals surface area contributed by atoms with Crippen LogP contribution in [0.1, 0.15) is 30.0 Å². The standard InChI is InChI=1S/C15H24N2O2/c1-5-17-13(15(16)18)6-7-19-14-9-10(2)8-11(3)12(14)4/h8-9,13,17H,5-7H2,1-4H3,(H2,16,18). The van der Waals surface area contributed by atoms with Crippen LogP contribution in [0.4, 0.5) is 0 Å². The van der Waals surface area contributed by atoms with Crippen molar-refractivity contribution < 1.29 is 9.53 Å². The Kier molecular flexibility index (Phi) is 5.83. The molecule has 0 aliphatic carbocycles. The van der Waals surface area contributed by atoms with Gasteiger partial charge in [-0.25, -0.2) is 0 Å². The van der Waals surface area contributed by atoms with Crippen LogP contribution >= 0.6 is 0 Å². The maximum Gasteiger partial charge on any atom is 0.234 e. The third kappa shape index (κ3) is 4.56. The fourth-order valence-corrected chi connectivity index (χ4v) is 2.03. The van der Waals surface area contributed by atoms with Crippen LogP contribution in [0.25, 0.3) is 0 Å². The Morgan fingerprint density at radius 1 is 1.37 bits per heavy atom. The van der Waals surface area contributed by atoms with Gasteiger partial charge in [0, 0.05) is 6.42 Å². The van der Waals surface area contributed by atoms with Gasteiger partial charge >= 0.3 is 0 Å². The van der Waals surface area contributed by atoms with Crippen molar-refractivity contribution in [1.82, 2.24) is 5.32 Å². The highest BCUT2D eigenvalue weighted by molar-refractivity contribution is 5.79. The molecule has 0 saturated carbocycles. The summed E-state index contributed by atoms with van der Waals surface area (Å²) < 4.78 is 5.78. The Morgan fingerprint density at radius 2 is 2.05 bits per heavy atom. The highest BCUT2D eigenvalue weighted by Gasteiger charge is 2.14. The molecular formula is C15H24N2O2. The number of hydrogen-bond acceptors (Lipinski definition) is 3. The zero-order valence-electron chi connectivity index (χ0n) is 12.2. The van der Waals surface area contributed by atoms with Crippen molar-refractivity contribution in [2.45, 2.75) is 40.2 Å². The quantitative estimate of drug-likeness (QED) is 0.790. The van der Waals surface area contributed by atoms with Crippen molar-refractivity contribution in [2.75, 3.05) is 13.2 Å². The lowest BCUT2D eigenvalue weighted by molar-refractivity contribution is -0.120. The first-order valence-corrected chi connectivity index (χ1v) is 6.69. The molecule has 0 aliphatic heterocycles. The Balaban J connectivity index is 2.60. The first-order valence-electron chi connectivity index (χ1n) is 6.69. The average Bonchev–Trinajstić information content (AvgIpc) is 2.33. The number of nitrogens with two attached hydrogens (primary N) is 1. The number of likely N-dealkylation sites (N-methyl/N-ethyl adjacent to an activating group) is 1. The minimum Gasteiger partial charge on any atom is -0.493 e. The van der Waals surface area contributed by atoms with E-state index < -0.39 is 0 Å². The second-order valence-corrected chi connectivity index (χ2v) is 4.85. The third-order valence-corrected chi connectivity index (χ3v) is 3.22. The molecule has 0 spiro atoms. The zero-order valence-corrected chi connectivity index (χ0v) is 12.2. The van der Waals surface area contributed by atoms with Gasteiger partial charge in [-0.05, 0) is 50.1 Å². The maximum absolute atomic E-state index is 11.2. The molecule has 1 rings (SSSR count). The number of benzene rings is 1. The summed E-state index contributed by atoms with van der Waals surface area (Å²) in [7, 11) is 0. The Labute approximate surface area is 115 Å². The van der Waals surface area contributed by atoms with Gasteiger partial charge in [-0.2, -0.15) is 0 Å². The summed E-state index contributed by atoms with van der Waals surface area (Å²) in [6, 6.07) is 3.83. The number of primary amides is 1. The Hall–Kier alpha value is -1.55. The fourth-order valence-electron chi connectivity index (χ4n) is 2.03. The van der Waals surface area contributed by atoms with Crippen LogP contribution in [0.15, 0.2) is 12.1 Å². The molecule has 1 aromatic carbocycles. The van der Waals surface area contributed by atoms with E-state index in [2.05, 4.69) is 18.3 Å². The van der Waals surface area contributed by atoms with E-state index in [1.807, 2.05) is 26.8 Å². The first kappa shape index (κ1) is 15.5. The molecule has 106 valence electrons. The Morgan fingerprint density at radius 3 is 2.63 bits per heavy atom. The third-order valence-electron chi connectivity index (χ3n) is 3.22. The number of hydrogen-bond donors (Lipinski definition) is 2. The van der Waals surface area contributed by atoms with E-state index in [9.17, 15) is 4.79 Å². The molecule has 0 saturated heterocycles. The monoisotopic (exact) mass is 264 g/mol. The topological polar surface area (TPSA) is 64.3 Å². The van der Waals surface area contributed by atoms with E-state index in [0.717, 1.165) is 17.9 Å². The molecule has 3 N–H and O–H groups in total. The molecule has 0 aliphatic rings. The molecule has 19 heavy (non-hydrogen) atoms. The minimum atomic E-state index is -0.331.